The van der Waals surface area contributed by atoms with Gasteiger partial charge in [0.1, 0.15) is 6.54 Å². The Bertz CT molecular complexity index is 1500. The van der Waals surface area contributed by atoms with Gasteiger partial charge in [-0.3, -0.25) is 23.5 Å². The molecule has 10 nitrogen and oxygen atoms in total. The topological polar surface area (TPSA) is 120 Å². The number of hydrogen-bond acceptors (Lipinski definition) is 5. The Kier molecular flexibility index (Phi) is 6.13. The smallest absolute Gasteiger partial charge is 0.332 e. The van der Waals surface area contributed by atoms with E-state index in [0.29, 0.717) is 11.3 Å². The van der Waals surface area contributed by atoms with E-state index in [0.717, 1.165) is 10.1 Å². The number of nitrogens with one attached hydrogen (secondary N) is 2. The standard InChI is InChI=1S/C24H24N6O4/c1-15(16-9-5-4-6-10-16)26-22(32)17-11-7-8-12-18(17)27-19(31)13-30-14-25-21-20(30)23(33)29(3)24(34)28(21)2/h4-12,14-15H,13H2,1-3H3,(H,26,32)(H,27,31)/t15-/m0/s1. The maximum Gasteiger partial charge on any atom is 0.332 e. The van der Waals surface area contributed by atoms with Gasteiger partial charge in [-0.1, -0.05) is 42.5 Å². The molecular weight excluding hydrogens is 436 g/mol. The first-order valence-electron chi connectivity index (χ1n) is 10.6. The number of carbonyl (C=O) groups is 2. The van der Waals surface area contributed by atoms with Crippen LogP contribution in [-0.2, 0) is 25.4 Å². The van der Waals surface area contributed by atoms with Crippen molar-refractivity contribution in [2.45, 2.75) is 19.5 Å². The Morgan fingerprint density at radius 1 is 0.971 bits per heavy atom. The van der Waals surface area contributed by atoms with Crippen LogP contribution in [0.25, 0.3) is 11.2 Å². The van der Waals surface area contributed by atoms with E-state index in [1.165, 1.54) is 29.6 Å². The van der Waals surface area contributed by atoms with Crippen LogP contribution in [0.5, 0.6) is 0 Å². The zero-order valence-corrected chi connectivity index (χ0v) is 19.0. The summed E-state index contributed by atoms with van der Waals surface area (Å²) in [5, 5.41) is 5.68. The van der Waals surface area contributed by atoms with Gasteiger partial charge >= 0.3 is 5.69 Å². The first-order chi connectivity index (χ1) is 16.3. The van der Waals surface area contributed by atoms with Gasteiger partial charge in [-0.15, -0.1) is 0 Å². The van der Waals surface area contributed by atoms with Crippen LogP contribution in [0.1, 0.15) is 28.9 Å². The molecular formula is C24H24N6O4. The third-order valence-electron chi connectivity index (χ3n) is 5.62. The first-order valence-corrected chi connectivity index (χ1v) is 10.6. The van der Waals surface area contributed by atoms with Crippen LogP contribution < -0.4 is 21.9 Å². The molecule has 0 radical (unpaired) electrons. The fourth-order valence-electron chi connectivity index (χ4n) is 3.75. The molecule has 0 unspecified atom stereocenters. The number of fused-ring (bicyclic) bond motifs is 1. The molecule has 0 saturated carbocycles. The molecule has 34 heavy (non-hydrogen) atoms. The number of amides is 2. The highest BCUT2D eigenvalue weighted by molar-refractivity contribution is 6.04. The molecule has 2 heterocycles. The second-order valence-corrected chi connectivity index (χ2v) is 7.95. The Morgan fingerprint density at radius 3 is 2.38 bits per heavy atom. The van der Waals surface area contributed by atoms with Crippen molar-refractivity contribution < 1.29 is 9.59 Å². The number of rotatable bonds is 6. The van der Waals surface area contributed by atoms with Crippen molar-refractivity contribution >= 4 is 28.7 Å². The number of nitrogens with zero attached hydrogens (tertiary/aromatic N) is 4. The summed E-state index contributed by atoms with van der Waals surface area (Å²) in [5.41, 5.74) is 0.899. The van der Waals surface area contributed by atoms with Crippen LogP contribution in [0.4, 0.5) is 5.69 Å². The molecule has 0 bridgehead atoms. The van der Waals surface area contributed by atoms with Gasteiger partial charge in [0, 0.05) is 14.1 Å². The number of hydrogen-bond donors (Lipinski definition) is 2. The van der Waals surface area contributed by atoms with E-state index >= 15 is 0 Å². The maximum atomic E-state index is 12.9. The largest absolute Gasteiger partial charge is 0.345 e. The van der Waals surface area contributed by atoms with Gasteiger partial charge in [-0.05, 0) is 24.6 Å². The Balaban J connectivity index is 1.54. The highest BCUT2D eigenvalue weighted by Gasteiger charge is 2.18. The molecule has 2 N–H and O–H groups in total. The third-order valence-corrected chi connectivity index (χ3v) is 5.62. The molecule has 4 aromatic rings. The summed E-state index contributed by atoms with van der Waals surface area (Å²) < 4.78 is 3.59. The number of para-hydroxylation sites is 1. The lowest BCUT2D eigenvalue weighted by molar-refractivity contribution is -0.116. The van der Waals surface area contributed by atoms with Crippen LogP contribution in [-0.4, -0.2) is 30.5 Å². The van der Waals surface area contributed by atoms with Gasteiger partial charge in [0.05, 0.1) is 23.6 Å². The molecule has 10 heteroatoms. The van der Waals surface area contributed by atoms with Crippen LogP contribution in [0.2, 0.25) is 0 Å². The summed E-state index contributed by atoms with van der Waals surface area (Å²) in [5.74, 6) is -0.782. The van der Waals surface area contributed by atoms with E-state index in [9.17, 15) is 19.2 Å². The normalized spacial score (nSPS) is 11.9. The minimum absolute atomic E-state index is 0.141. The lowest BCUT2D eigenvalue weighted by Crippen LogP contribution is -2.37. The maximum absolute atomic E-state index is 12.9. The van der Waals surface area contributed by atoms with Crippen molar-refractivity contribution in [3.63, 3.8) is 0 Å². The zero-order chi connectivity index (χ0) is 24.4. The predicted octanol–water partition coefficient (Wildman–Crippen LogP) is 1.56. The lowest BCUT2D eigenvalue weighted by atomic mass is 10.1. The van der Waals surface area contributed by atoms with Crippen molar-refractivity contribution in [1.29, 1.82) is 0 Å². The monoisotopic (exact) mass is 460 g/mol. The van der Waals surface area contributed by atoms with E-state index in [4.69, 9.17) is 0 Å². The quantitative estimate of drug-likeness (QED) is 0.453. The van der Waals surface area contributed by atoms with Crippen molar-refractivity contribution in [3.05, 3.63) is 92.9 Å². The lowest BCUT2D eigenvalue weighted by Gasteiger charge is -2.16. The van der Waals surface area contributed by atoms with Gasteiger partial charge in [0.2, 0.25) is 5.91 Å². The number of imidazole rings is 1. The van der Waals surface area contributed by atoms with E-state index in [1.807, 2.05) is 37.3 Å². The molecule has 0 spiro atoms. The Labute approximate surface area is 194 Å². The van der Waals surface area contributed by atoms with Crippen LogP contribution in [0, 0.1) is 0 Å². The average Bonchev–Trinajstić information content (AvgIpc) is 3.25. The van der Waals surface area contributed by atoms with E-state index in [2.05, 4.69) is 15.6 Å². The molecule has 4 rings (SSSR count). The van der Waals surface area contributed by atoms with Gasteiger partial charge < -0.3 is 15.2 Å². The van der Waals surface area contributed by atoms with Crippen molar-refractivity contribution in [1.82, 2.24) is 24.0 Å². The predicted molar refractivity (Wildman–Crippen MR) is 128 cm³/mol. The summed E-state index contributed by atoms with van der Waals surface area (Å²) >= 11 is 0. The van der Waals surface area contributed by atoms with Crippen molar-refractivity contribution in [2.24, 2.45) is 14.1 Å². The minimum Gasteiger partial charge on any atom is -0.345 e. The summed E-state index contributed by atoms with van der Waals surface area (Å²) in [4.78, 5) is 54.6. The van der Waals surface area contributed by atoms with Crippen LogP contribution in [0.15, 0.2) is 70.5 Å². The molecule has 0 aliphatic rings. The molecule has 2 aromatic carbocycles. The number of carbonyl (C=O) groups excluding carboxylic acids is 2. The average molecular weight is 460 g/mol. The van der Waals surface area contributed by atoms with Crippen LogP contribution >= 0.6 is 0 Å². The third kappa shape index (κ3) is 4.25. The molecule has 0 aliphatic carbocycles. The Morgan fingerprint density at radius 2 is 1.65 bits per heavy atom. The molecule has 174 valence electrons. The fourth-order valence-corrected chi connectivity index (χ4v) is 3.75. The fraction of sp³-hybridized carbons (Fsp3) is 0.208. The number of anilines is 1. The van der Waals surface area contributed by atoms with E-state index in [-0.39, 0.29) is 29.7 Å². The SMILES string of the molecule is C[C@H](NC(=O)c1ccccc1NC(=O)Cn1cnc2c1c(=O)n(C)c(=O)n2C)c1ccccc1. The summed E-state index contributed by atoms with van der Waals surface area (Å²) in [6, 6.07) is 16.0. The van der Waals surface area contributed by atoms with E-state index in [1.54, 1.807) is 24.3 Å². The number of aryl methyl sites for hydroxylation is 1. The number of benzene rings is 2. The van der Waals surface area contributed by atoms with Crippen LogP contribution in [0.3, 0.4) is 0 Å². The molecule has 1 atom stereocenters. The molecule has 0 saturated heterocycles. The molecule has 0 fully saturated rings. The van der Waals surface area contributed by atoms with E-state index < -0.39 is 17.2 Å². The second kappa shape index (κ2) is 9.18. The second-order valence-electron chi connectivity index (χ2n) is 7.95. The van der Waals surface area contributed by atoms with Crippen molar-refractivity contribution in [2.75, 3.05) is 5.32 Å². The molecule has 2 amide bonds. The highest BCUT2D eigenvalue weighted by Crippen LogP contribution is 2.18. The van der Waals surface area contributed by atoms with Gasteiger partial charge in [-0.25, -0.2) is 9.78 Å². The summed E-state index contributed by atoms with van der Waals surface area (Å²) in [6.07, 6.45) is 1.34. The highest BCUT2D eigenvalue weighted by atomic mass is 16.2. The Hall–Kier alpha value is -4.47. The van der Waals surface area contributed by atoms with Crippen molar-refractivity contribution in [3.8, 4) is 0 Å². The first kappa shape index (κ1) is 22.7. The molecule has 0 aliphatic heterocycles. The minimum atomic E-state index is -0.543. The van der Waals surface area contributed by atoms with Gasteiger partial charge in [-0.2, -0.15) is 0 Å². The van der Waals surface area contributed by atoms with Gasteiger partial charge in [0.25, 0.3) is 11.5 Å². The summed E-state index contributed by atoms with van der Waals surface area (Å²) in [7, 11) is 2.87. The zero-order valence-electron chi connectivity index (χ0n) is 19.0. The number of aromatic nitrogens is 4. The molecule has 2 aromatic heterocycles. The summed E-state index contributed by atoms with van der Waals surface area (Å²) in [6.45, 7) is 1.66. The van der Waals surface area contributed by atoms with Gasteiger partial charge in [0.15, 0.2) is 11.2 Å².